The number of aliphatic hydroxyl groups is 1. The van der Waals surface area contributed by atoms with Crippen molar-refractivity contribution in [2.24, 2.45) is 0 Å². The Kier molecular flexibility index (Phi) is 4.80. The van der Waals surface area contributed by atoms with Gasteiger partial charge in [-0.15, -0.1) is 0 Å². The van der Waals surface area contributed by atoms with Gasteiger partial charge in [0.1, 0.15) is 5.52 Å². The molecule has 1 aromatic carbocycles. The van der Waals surface area contributed by atoms with E-state index in [0.29, 0.717) is 17.6 Å². The Labute approximate surface area is 111 Å². The van der Waals surface area contributed by atoms with E-state index >= 15 is 0 Å². The van der Waals surface area contributed by atoms with Crippen LogP contribution < -0.4 is 5.32 Å². The van der Waals surface area contributed by atoms with Crippen LogP contribution in [0.3, 0.4) is 0 Å². The predicted octanol–water partition coefficient (Wildman–Crippen LogP) is 1.52. The van der Waals surface area contributed by atoms with Crippen molar-refractivity contribution in [1.82, 2.24) is 15.3 Å². The Balaban J connectivity index is 2.01. The molecule has 0 saturated heterocycles. The molecular weight excluding hydrogens is 242 g/mol. The first kappa shape index (κ1) is 13.4. The summed E-state index contributed by atoms with van der Waals surface area (Å²) in [5, 5.41) is 11.5. The molecule has 1 amide bonds. The number of unbranched alkanes of at least 4 members (excludes halogenated alkanes) is 2. The number of fused-ring (bicyclic) bond motifs is 1. The van der Waals surface area contributed by atoms with Gasteiger partial charge in [0.05, 0.1) is 11.1 Å². The van der Waals surface area contributed by atoms with Gasteiger partial charge in [-0.2, -0.15) is 0 Å². The SMILES string of the molecule is O=C(NCCCCCO)c1cccc2nccnc12. The quantitative estimate of drug-likeness (QED) is 0.771. The normalized spacial score (nSPS) is 10.6. The fraction of sp³-hybridized carbons (Fsp3) is 0.357. The topological polar surface area (TPSA) is 75.1 Å². The van der Waals surface area contributed by atoms with Crippen molar-refractivity contribution >= 4 is 16.9 Å². The molecule has 0 aliphatic rings. The zero-order valence-electron chi connectivity index (χ0n) is 10.7. The lowest BCUT2D eigenvalue weighted by atomic mass is 10.1. The van der Waals surface area contributed by atoms with Crippen LogP contribution in [-0.2, 0) is 0 Å². The van der Waals surface area contributed by atoms with Crippen LogP contribution in [0.2, 0.25) is 0 Å². The molecule has 5 nitrogen and oxygen atoms in total. The van der Waals surface area contributed by atoms with E-state index in [2.05, 4.69) is 15.3 Å². The van der Waals surface area contributed by atoms with Crippen LogP contribution in [-0.4, -0.2) is 34.1 Å². The number of carbonyl (C=O) groups is 1. The summed E-state index contributed by atoms with van der Waals surface area (Å²) in [5.74, 6) is -0.130. The Morgan fingerprint density at radius 3 is 2.84 bits per heavy atom. The Bertz CT molecular complexity index is 552. The third kappa shape index (κ3) is 3.48. The van der Waals surface area contributed by atoms with Crippen molar-refractivity contribution in [3.05, 3.63) is 36.2 Å². The molecular formula is C14H17N3O2. The lowest BCUT2D eigenvalue weighted by Crippen LogP contribution is -2.24. The molecule has 0 radical (unpaired) electrons. The number of amides is 1. The van der Waals surface area contributed by atoms with E-state index in [0.717, 1.165) is 24.8 Å². The van der Waals surface area contributed by atoms with Gasteiger partial charge in [-0.1, -0.05) is 6.07 Å². The summed E-state index contributed by atoms with van der Waals surface area (Å²) in [4.78, 5) is 20.4. The zero-order chi connectivity index (χ0) is 13.5. The summed E-state index contributed by atoms with van der Waals surface area (Å²) in [5.41, 5.74) is 1.89. The molecule has 0 aliphatic heterocycles. The van der Waals surface area contributed by atoms with E-state index in [1.165, 1.54) is 0 Å². The van der Waals surface area contributed by atoms with Gasteiger partial charge in [0.2, 0.25) is 0 Å². The number of benzene rings is 1. The highest BCUT2D eigenvalue weighted by Gasteiger charge is 2.10. The van der Waals surface area contributed by atoms with Crippen molar-refractivity contribution in [2.75, 3.05) is 13.2 Å². The van der Waals surface area contributed by atoms with Gasteiger partial charge in [-0.05, 0) is 31.4 Å². The van der Waals surface area contributed by atoms with Crippen molar-refractivity contribution < 1.29 is 9.90 Å². The van der Waals surface area contributed by atoms with E-state index in [9.17, 15) is 4.79 Å². The number of carbonyl (C=O) groups excluding carboxylic acids is 1. The largest absolute Gasteiger partial charge is 0.396 e. The van der Waals surface area contributed by atoms with Crippen molar-refractivity contribution in [3.63, 3.8) is 0 Å². The highest BCUT2D eigenvalue weighted by atomic mass is 16.2. The second kappa shape index (κ2) is 6.80. The van der Waals surface area contributed by atoms with Gasteiger partial charge >= 0.3 is 0 Å². The number of aromatic nitrogens is 2. The van der Waals surface area contributed by atoms with Crippen LogP contribution >= 0.6 is 0 Å². The van der Waals surface area contributed by atoms with Gasteiger partial charge < -0.3 is 10.4 Å². The van der Waals surface area contributed by atoms with Gasteiger partial charge in [-0.25, -0.2) is 0 Å². The third-order valence-electron chi connectivity index (χ3n) is 2.86. The second-order valence-corrected chi connectivity index (χ2v) is 4.27. The molecule has 0 atom stereocenters. The molecule has 2 rings (SSSR count). The highest BCUT2D eigenvalue weighted by Crippen LogP contribution is 2.13. The molecule has 5 heteroatoms. The smallest absolute Gasteiger partial charge is 0.253 e. The molecule has 100 valence electrons. The highest BCUT2D eigenvalue weighted by molar-refractivity contribution is 6.04. The van der Waals surface area contributed by atoms with Crippen LogP contribution in [0.4, 0.5) is 0 Å². The zero-order valence-corrected chi connectivity index (χ0v) is 10.7. The van der Waals surface area contributed by atoms with Gasteiger partial charge in [0.15, 0.2) is 0 Å². The summed E-state index contributed by atoms with van der Waals surface area (Å²) in [7, 11) is 0. The van der Waals surface area contributed by atoms with E-state index in [1.54, 1.807) is 24.5 Å². The van der Waals surface area contributed by atoms with Crippen molar-refractivity contribution in [1.29, 1.82) is 0 Å². The number of hydrogen-bond donors (Lipinski definition) is 2. The monoisotopic (exact) mass is 259 g/mol. The Morgan fingerprint density at radius 1 is 1.16 bits per heavy atom. The predicted molar refractivity (Wildman–Crippen MR) is 72.8 cm³/mol. The van der Waals surface area contributed by atoms with Gasteiger partial charge in [-0.3, -0.25) is 14.8 Å². The number of hydrogen-bond acceptors (Lipinski definition) is 4. The molecule has 2 aromatic rings. The number of nitrogens with one attached hydrogen (secondary N) is 1. The Hall–Kier alpha value is -2.01. The summed E-state index contributed by atoms with van der Waals surface area (Å²) in [6.45, 7) is 0.808. The molecule has 0 spiro atoms. The summed E-state index contributed by atoms with van der Waals surface area (Å²) in [6.07, 6.45) is 5.74. The maximum atomic E-state index is 12.1. The lowest BCUT2D eigenvalue weighted by molar-refractivity contribution is 0.0954. The molecule has 19 heavy (non-hydrogen) atoms. The molecule has 2 N–H and O–H groups in total. The van der Waals surface area contributed by atoms with Crippen LogP contribution in [0, 0.1) is 0 Å². The average Bonchev–Trinajstić information content (AvgIpc) is 2.46. The Morgan fingerprint density at radius 2 is 2.00 bits per heavy atom. The van der Waals surface area contributed by atoms with E-state index in [-0.39, 0.29) is 12.5 Å². The number of aliphatic hydroxyl groups excluding tert-OH is 1. The van der Waals surface area contributed by atoms with Gasteiger partial charge in [0, 0.05) is 25.5 Å². The third-order valence-corrected chi connectivity index (χ3v) is 2.86. The minimum atomic E-state index is -0.130. The fourth-order valence-electron chi connectivity index (χ4n) is 1.89. The molecule has 0 saturated carbocycles. The van der Waals surface area contributed by atoms with Gasteiger partial charge in [0.25, 0.3) is 5.91 Å². The summed E-state index contributed by atoms with van der Waals surface area (Å²) in [6, 6.07) is 5.39. The fourth-order valence-corrected chi connectivity index (χ4v) is 1.89. The first-order valence-corrected chi connectivity index (χ1v) is 6.41. The molecule has 0 unspecified atom stereocenters. The van der Waals surface area contributed by atoms with Crippen LogP contribution in [0.15, 0.2) is 30.6 Å². The number of nitrogens with zero attached hydrogens (tertiary/aromatic N) is 2. The maximum Gasteiger partial charge on any atom is 0.253 e. The summed E-state index contributed by atoms with van der Waals surface area (Å²) < 4.78 is 0. The van der Waals surface area contributed by atoms with Crippen LogP contribution in [0.1, 0.15) is 29.6 Å². The minimum Gasteiger partial charge on any atom is -0.396 e. The van der Waals surface area contributed by atoms with E-state index < -0.39 is 0 Å². The molecule has 0 fully saturated rings. The molecule has 1 aromatic heterocycles. The lowest BCUT2D eigenvalue weighted by Gasteiger charge is -2.06. The maximum absolute atomic E-state index is 12.1. The molecule has 1 heterocycles. The summed E-state index contributed by atoms with van der Waals surface area (Å²) >= 11 is 0. The van der Waals surface area contributed by atoms with Crippen molar-refractivity contribution in [2.45, 2.75) is 19.3 Å². The number of rotatable bonds is 6. The number of para-hydroxylation sites is 1. The van der Waals surface area contributed by atoms with Crippen LogP contribution in [0.5, 0.6) is 0 Å². The van der Waals surface area contributed by atoms with Crippen LogP contribution in [0.25, 0.3) is 11.0 Å². The first-order chi connectivity index (χ1) is 9.33. The van der Waals surface area contributed by atoms with Crippen molar-refractivity contribution in [3.8, 4) is 0 Å². The standard InChI is InChI=1S/C14H17N3O2/c18-10-3-1-2-7-17-14(19)11-5-4-6-12-13(11)16-9-8-15-12/h4-6,8-9,18H,1-3,7,10H2,(H,17,19). The van der Waals surface area contributed by atoms with E-state index in [4.69, 9.17) is 5.11 Å². The minimum absolute atomic E-state index is 0.130. The molecule has 0 bridgehead atoms. The second-order valence-electron chi connectivity index (χ2n) is 4.27. The molecule has 0 aliphatic carbocycles. The first-order valence-electron chi connectivity index (χ1n) is 6.41. The van der Waals surface area contributed by atoms with E-state index in [1.807, 2.05) is 6.07 Å². The average molecular weight is 259 g/mol.